The second kappa shape index (κ2) is 7.71. The fourth-order valence-corrected chi connectivity index (χ4v) is 2.54. The van der Waals surface area contributed by atoms with Crippen molar-refractivity contribution >= 4 is 0 Å². The normalized spacial score (nSPS) is 23.2. The first kappa shape index (κ1) is 16.2. The largest absolute Gasteiger partial charge is 0.364 e. The van der Waals surface area contributed by atoms with Crippen LogP contribution in [0.15, 0.2) is 16.2 Å². The summed E-state index contributed by atoms with van der Waals surface area (Å²) in [5.41, 5.74) is 1.39. The fourth-order valence-electron chi connectivity index (χ4n) is 2.54. The van der Waals surface area contributed by atoms with Crippen molar-refractivity contribution in [1.82, 2.24) is 15.5 Å². The molecule has 0 amide bonds. The van der Waals surface area contributed by atoms with Gasteiger partial charge in [-0.15, -0.1) is 0 Å². The predicted octanol–water partition coefficient (Wildman–Crippen LogP) is 3.32. The van der Waals surface area contributed by atoms with Gasteiger partial charge in [-0.05, 0) is 53.4 Å². The first-order valence-electron chi connectivity index (χ1n) is 7.87. The Kier molecular flexibility index (Phi) is 5.94. The molecule has 1 aliphatic heterocycles. The van der Waals surface area contributed by atoms with E-state index in [1.807, 2.05) is 6.92 Å². The van der Waals surface area contributed by atoms with E-state index < -0.39 is 0 Å². The van der Waals surface area contributed by atoms with Gasteiger partial charge in [-0.25, -0.2) is 0 Å². The number of ether oxygens (including phenoxy) is 1. The Labute approximate surface area is 127 Å². The van der Waals surface area contributed by atoms with E-state index in [0.717, 1.165) is 32.2 Å². The molecule has 1 fully saturated rings. The van der Waals surface area contributed by atoms with E-state index in [1.54, 1.807) is 0 Å². The van der Waals surface area contributed by atoms with Crippen molar-refractivity contribution in [2.24, 2.45) is 0 Å². The van der Waals surface area contributed by atoms with Crippen LogP contribution in [0.1, 0.15) is 64.3 Å². The molecule has 1 aliphatic rings. The molecule has 2 heterocycles. The van der Waals surface area contributed by atoms with E-state index in [-0.39, 0.29) is 12.2 Å². The molecule has 0 aliphatic carbocycles. The summed E-state index contributed by atoms with van der Waals surface area (Å²) in [6.07, 6.45) is 6.79. The van der Waals surface area contributed by atoms with Gasteiger partial charge >= 0.3 is 0 Å². The third kappa shape index (κ3) is 5.25. The van der Waals surface area contributed by atoms with Crippen molar-refractivity contribution in [2.45, 2.75) is 71.6 Å². The average molecular weight is 293 g/mol. The summed E-state index contributed by atoms with van der Waals surface area (Å²) in [5.74, 6) is 1.29. The zero-order valence-electron chi connectivity index (χ0n) is 13.6. The molecule has 0 saturated carbocycles. The first-order chi connectivity index (χ1) is 10.0. The number of allylic oxidation sites excluding steroid dienone is 2. The molecule has 3 atom stereocenters. The highest BCUT2D eigenvalue weighted by atomic mass is 16.5. The van der Waals surface area contributed by atoms with Crippen molar-refractivity contribution in [2.75, 3.05) is 6.54 Å². The van der Waals surface area contributed by atoms with Crippen molar-refractivity contribution < 1.29 is 9.26 Å². The van der Waals surface area contributed by atoms with Gasteiger partial charge in [0.05, 0.1) is 6.10 Å². The van der Waals surface area contributed by atoms with Gasteiger partial charge < -0.3 is 14.6 Å². The molecule has 5 heteroatoms. The van der Waals surface area contributed by atoms with E-state index in [1.165, 1.54) is 5.57 Å². The van der Waals surface area contributed by atoms with Crippen LogP contribution in [0, 0.1) is 6.92 Å². The monoisotopic (exact) mass is 293 g/mol. The summed E-state index contributed by atoms with van der Waals surface area (Å²) < 4.78 is 11.2. The smallest absolute Gasteiger partial charge is 0.255 e. The van der Waals surface area contributed by atoms with Crippen LogP contribution in [-0.4, -0.2) is 28.8 Å². The van der Waals surface area contributed by atoms with Gasteiger partial charge in [-0.2, -0.15) is 4.98 Å². The number of aromatic nitrogens is 2. The van der Waals surface area contributed by atoms with Crippen LogP contribution < -0.4 is 5.32 Å². The molecule has 0 bridgehead atoms. The number of nitrogens with zero attached hydrogens (tertiary/aromatic N) is 2. The van der Waals surface area contributed by atoms with Gasteiger partial charge in [-0.3, -0.25) is 0 Å². The maximum atomic E-state index is 5.98. The van der Waals surface area contributed by atoms with Crippen LogP contribution in [0.25, 0.3) is 0 Å². The lowest BCUT2D eigenvalue weighted by molar-refractivity contribution is 0.0254. The van der Waals surface area contributed by atoms with E-state index in [0.29, 0.717) is 17.8 Å². The molecule has 0 aromatic carbocycles. The molecule has 1 N–H and O–H groups in total. The fraction of sp³-hybridized carbons (Fsp3) is 0.750. The van der Waals surface area contributed by atoms with E-state index in [2.05, 4.69) is 42.3 Å². The van der Waals surface area contributed by atoms with E-state index in [4.69, 9.17) is 9.26 Å². The van der Waals surface area contributed by atoms with Crippen LogP contribution in [0.5, 0.6) is 0 Å². The Morgan fingerprint density at radius 2 is 2.24 bits per heavy atom. The summed E-state index contributed by atoms with van der Waals surface area (Å²) in [6.45, 7) is 9.23. The predicted molar refractivity (Wildman–Crippen MR) is 82.0 cm³/mol. The number of nitrogens with one attached hydrogen (secondary N) is 1. The molecule has 21 heavy (non-hydrogen) atoms. The lowest BCUT2D eigenvalue weighted by atomic mass is 10.1. The van der Waals surface area contributed by atoms with Gasteiger partial charge in [0, 0.05) is 12.6 Å². The zero-order valence-corrected chi connectivity index (χ0v) is 13.6. The van der Waals surface area contributed by atoms with Gasteiger partial charge in [0.25, 0.3) is 5.89 Å². The zero-order chi connectivity index (χ0) is 15.2. The second-order valence-corrected chi connectivity index (χ2v) is 6.17. The minimum absolute atomic E-state index is 0.0287. The van der Waals surface area contributed by atoms with Crippen molar-refractivity contribution in [3.8, 4) is 0 Å². The second-order valence-electron chi connectivity index (χ2n) is 6.17. The van der Waals surface area contributed by atoms with Gasteiger partial charge in [0.2, 0.25) is 0 Å². The minimum Gasteiger partial charge on any atom is -0.364 e. The van der Waals surface area contributed by atoms with Crippen molar-refractivity contribution in [1.29, 1.82) is 0 Å². The standard InChI is InChI=1S/C16H27N3O2/c1-11(2)6-5-7-12(3)17-10-14-8-9-15(20-14)16-18-13(4)19-21-16/h6,12,14-15,17H,5,7-10H2,1-4H3/t12-,14-,15+/m1/s1. The first-order valence-corrected chi connectivity index (χ1v) is 7.87. The Morgan fingerprint density at radius 3 is 2.90 bits per heavy atom. The molecule has 118 valence electrons. The lowest BCUT2D eigenvalue weighted by Crippen LogP contribution is -2.33. The van der Waals surface area contributed by atoms with Crippen LogP contribution in [0.3, 0.4) is 0 Å². The summed E-state index contributed by atoms with van der Waals surface area (Å²) in [7, 11) is 0. The highest BCUT2D eigenvalue weighted by Crippen LogP contribution is 2.31. The van der Waals surface area contributed by atoms with Crippen LogP contribution in [0.2, 0.25) is 0 Å². The summed E-state index contributed by atoms with van der Waals surface area (Å²) in [6, 6.07) is 0.508. The van der Waals surface area contributed by atoms with Gasteiger partial charge in [0.1, 0.15) is 6.10 Å². The molecule has 2 rings (SSSR count). The SMILES string of the molecule is CC(C)=CCC[C@@H](C)NC[C@H]1CC[C@@H](c2nc(C)no2)O1. The lowest BCUT2D eigenvalue weighted by Gasteiger charge is -2.17. The molecular formula is C16H27N3O2. The average Bonchev–Trinajstić information content (AvgIpc) is 3.04. The molecule has 0 spiro atoms. The van der Waals surface area contributed by atoms with Gasteiger partial charge in [-0.1, -0.05) is 16.8 Å². The summed E-state index contributed by atoms with van der Waals surface area (Å²) in [4.78, 5) is 4.25. The Morgan fingerprint density at radius 1 is 1.43 bits per heavy atom. The third-order valence-electron chi connectivity index (χ3n) is 3.77. The molecule has 0 unspecified atom stereocenters. The Bertz CT molecular complexity index is 466. The van der Waals surface area contributed by atoms with Crippen molar-refractivity contribution in [3.63, 3.8) is 0 Å². The summed E-state index contributed by atoms with van der Waals surface area (Å²) >= 11 is 0. The van der Waals surface area contributed by atoms with Crippen LogP contribution in [-0.2, 0) is 4.74 Å². The Balaban J connectivity index is 1.67. The van der Waals surface area contributed by atoms with Gasteiger partial charge in [0.15, 0.2) is 5.82 Å². The van der Waals surface area contributed by atoms with E-state index >= 15 is 0 Å². The number of rotatable bonds is 7. The molecule has 1 saturated heterocycles. The molecule has 1 aromatic rings. The quantitative estimate of drug-likeness (QED) is 0.781. The summed E-state index contributed by atoms with van der Waals surface area (Å²) in [5, 5.41) is 7.38. The molecule has 5 nitrogen and oxygen atoms in total. The highest BCUT2D eigenvalue weighted by molar-refractivity contribution is 4.94. The maximum absolute atomic E-state index is 5.98. The Hall–Kier alpha value is -1.20. The number of hydrogen-bond acceptors (Lipinski definition) is 5. The van der Waals surface area contributed by atoms with Crippen molar-refractivity contribution in [3.05, 3.63) is 23.4 Å². The number of hydrogen-bond donors (Lipinski definition) is 1. The van der Waals surface area contributed by atoms with E-state index in [9.17, 15) is 0 Å². The number of aryl methyl sites for hydroxylation is 1. The topological polar surface area (TPSA) is 60.2 Å². The highest BCUT2D eigenvalue weighted by Gasteiger charge is 2.30. The third-order valence-corrected chi connectivity index (χ3v) is 3.77. The van der Waals surface area contributed by atoms with Crippen LogP contribution >= 0.6 is 0 Å². The van der Waals surface area contributed by atoms with Crippen LogP contribution in [0.4, 0.5) is 0 Å². The minimum atomic E-state index is -0.0287. The molecule has 1 aromatic heterocycles. The molecule has 0 radical (unpaired) electrons. The molecular weight excluding hydrogens is 266 g/mol. The maximum Gasteiger partial charge on any atom is 0.255 e.